The number of aromatic nitrogens is 4. The SMILES string of the molecule is CCCc1nsc(NCc2ccc(-c3cnc[nH]3)cc2)n1. The number of imidazole rings is 1. The molecule has 2 aromatic heterocycles. The quantitative estimate of drug-likeness (QED) is 0.731. The molecule has 5 nitrogen and oxygen atoms in total. The van der Waals surface area contributed by atoms with Crippen molar-refractivity contribution in [1.29, 1.82) is 0 Å². The number of H-pyrrole nitrogens is 1. The minimum atomic E-state index is 0.754. The highest BCUT2D eigenvalue weighted by atomic mass is 32.1. The number of nitrogens with one attached hydrogen (secondary N) is 2. The molecule has 0 saturated heterocycles. The lowest BCUT2D eigenvalue weighted by Crippen LogP contribution is -1.99. The fourth-order valence-corrected chi connectivity index (χ4v) is 2.65. The number of rotatable bonds is 6. The molecule has 21 heavy (non-hydrogen) atoms. The minimum absolute atomic E-state index is 0.754. The number of hydrogen-bond acceptors (Lipinski definition) is 5. The maximum atomic E-state index is 4.46. The van der Waals surface area contributed by atoms with E-state index in [-0.39, 0.29) is 0 Å². The van der Waals surface area contributed by atoms with Gasteiger partial charge >= 0.3 is 0 Å². The molecular formula is C15H17N5S. The summed E-state index contributed by atoms with van der Waals surface area (Å²) in [5.74, 6) is 0.930. The van der Waals surface area contributed by atoms with Gasteiger partial charge in [0.05, 0.1) is 18.2 Å². The van der Waals surface area contributed by atoms with Gasteiger partial charge < -0.3 is 10.3 Å². The van der Waals surface area contributed by atoms with E-state index < -0.39 is 0 Å². The van der Waals surface area contributed by atoms with Crippen molar-refractivity contribution in [2.75, 3.05) is 5.32 Å². The molecule has 0 atom stereocenters. The summed E-state index contributed by atoms with van der Waals surface area (Å²) in [7, 11) is 0. The average molecular weight is 299 g/mol. The third kappa shape index (κ3) is 3.46. The second kappa shape index (κ2) is 6.49. The molecule has 1 aromatic carbocycles. The van der Waals surface area contributed by atoms with Crippen LogP contribution in [0, 0.1) is 0 Å². The van der Waals surface area contributed by atoms with E-state index in [4.69, 9.17) is 0 Å². The zero-order valence-corrected chi connectivity index (χ0v) is 12.7. The molecule has 108 valence electrons. The summed E-state index contributed by atoms with van der Waals surface area (Å²) in [5, 5.41) is 4.20. The second-order valence-electron chi connectivity index (χ2n) is 4.78. The fourth-order valence-electron chi connectivity index (χ4n) is 2.04. The predicted octanol–water partition coefficient (Wildman–Crippen LogP) is 3.49. The molecule has 6 heteroatoms. The van der Waals surface area contributed by atoms with Crippen molar-refractivity contribution in [3.63, 3.8) is 0 Å². The van der Waals surface area contributed by atoms with Gasteiger partial charge in [-0.2, -0.15) is 4.37 Å². The summed E-state index contributed by atoms with van der Waals surface area (Å²) < 4.78 is 4.32. The maximum Gasteiger partial charge on any atom is 0.202 e. The van der Waals surface area contributed by atoms with Gasteiger partial charge in [-0.25, -0.2) is 9.97 Å². The number of benzene rings is 1. The van der Waals surface area contributed by atoms with Crippen LogP contribution in [-0.2, 0) is 13.0 Å². The van der Waals surface area contributed by atoms with Crippen LogP contribution in [0.3, 0.4) is 0 Å². The summed E-state index contributed by atoms with van der Waals surface area (Å²) in [5.41, 5.74) is 3.38. The van der Waals surface area contributed by atoms with Crippen LogP contribution in [0.4, 0.5) is 5.13 Å². The van der Waals surface area contributed by atoms with Crippen molar-refractivity contribution >= 4 is 16.7 Å². The summed E-state index contributed by atoms with van der Waals surface area (Å²) >= 11 is 1.42. The lowest BCUT2D eigenvalue weighted by Gasteiger charge is -2.04. The van der Waals surface area contributed by atoms with Crippen LogP contribution in [0.15, 0.2) is 36.8 Å². The third-order valence-electron chi connectivity index (χ3n) is 3.15. The fraction of sp³-hybridized carbons (Fsp3) is 0.267. The molecule has 2 heterocycles. The molecule has 3 aromatic rings. The number of hydrogen-bond donors (Lipinski definition) is 2. The molecular weight excluding hydrogens is 282 g/mol. The van der Waals surface area contributed by atoms with Crippen LogP contribution in [0.25, 0.3) is 11.3 Å². The van der Waals surface area contributed by atoms with Crippen molar-refractivity contribution in [1.82, 2.24) is 19.3 Å². The lowest BCUT2D eigenvalue weighted by atomic mass is 10.1. The van der Waals surface area contributed by atoms with E-state index in [1.54, 1.807) is 6.33 Å². The highest BCUT2D eigenvalue weighted by molar-refractivity contribution is 7.09. The Labute approximate surface area is 127 Å². The molecule has 0 amide bonds. The van der Waals surface area contributed by atoms with E-state index in [2.05, 4.69) is 55.8 Å². The summed E-state index contributed by atoms with van der Waals surface area (Å²) in [6.45, 7) is 2.89. The van der Waals surface area contributed by atoms with Crippen LogP contribution < -0.4 is 5.32 Å². The Morgan fingerprint density at radius 1 is 1.24 bits per heavy atom. The maximum absolute atomic E-state index is 4.46. The van der Waals surface area contributed by atoms with Gasteiger partial charge in [0, 0.05) is 24.5 Å². The predicted molar refractivity (Wildman–Crippen MR) is 85.3 cm³/mol. The van der Waals surface area contributed by atoms with Crippen LogP contribution in [-0.4, -0.2) is 19.3 Å². The van der Waals surface area contributed by atoms with Gasteiger partial charge in [-0.1, -0.05) is 31.2 Å². The molecule has 0 unspecified atom stereocenters. The first-order valence-corrected chi connectivity index (χ1v) is 7.76. The largest absolute Gasteiger partial charge is 0.356 e. The topological polar surface area (TPSA) is 66.5 Å². The van der Waals surface area contributed by atoms with E-state index in [1.165, 1.54) is 17.1 Å². The van der Waals surface area contributed by atoms with Crippen molar-refractivity contribution < 1.29 is 0 Å². The number of anilines is 1. The molecule has 3 rings (SSSR count). The second-order valence-corrected chi connectivity index (χ2v) is 5.53. The Bertz CT molecular complexity index is 672. The van der Waals surface area contributed by atoms with E-state index in [1.807, 2.05) is 6.20 Å². The van der Waals surface area contributed by atoms with Crippen molar-refractivity contribution in [2.24, 2.45) is 0 Å². The summed E-state index contributed by atoms with van der Waals surface area (Å²) in [4.78, 5) is 11.6. The Hall–Kier alpha value is -2.21. The summed E-state index contributed by atoms with van der Waals surface area (Å²) in [6, 6.07) is 8.40. The lowest BCUT2D eigenvalue weighted by molar-refractivity contribution is 0.861. The van der Waals surface area contributed by atoms with E-state index >= 15 is 0 Å². The van der Waals surface area contributed by atoms with Gasteiger partial charge in [0.1, 0.15) is 5.82 Å². The van der Waals surface area contributed by atoms with Crippen molar-refractivity contribution in [2.45, 2.75) is 26.3 Å². The van der Waals surface area contributed by atoms with Crippen molar-refractivity contribution in [3.8, 4) is 11.3 Å². The van der Waals surface area contributed by atoms with Gasteiger partial charge in [0.15, 0.2) is 0 Å². The molecule has 0 bridgehead atoms. The molecule has 0 aliphatic rings. The van der Waals surface area contributed by atoms with Crippen molar-refractivity contribution in [3.05, 3.63) is 48.2 Å². The van der Waals surface area contributed by atoms with E-state index in [9.17, 15) is 0 Å². The minimum Gasteiger partial charge on any atom is -0.356 e. The van der Waals surface area contributed by atoms with Crippen LogP contribution in [0.2, 0.25) is 0 Å². The smallest absolute Gasteiger partial charge is 0.202 e. The number of aryl methyl sites for hydroxylation is 1. The van der Waals surface area contributed by atoms with Gasteiger partial charge in [-0.05, 0) is 17.5 Å². The first-order chi connectivity index (χ1) is 10.3. The molecule has 2 N–H and O–H groups in total. The Balaban J connectivity index is 1.60. The standard InChI is InChI=1S/C15H17N5S/c1-2-3-14-19-15(21-20-14)17-8-11-4-6-12(7-5-11)13-9-16-10-18-13/h4-7,9-10H,2-3,8H2,1H3,(H,16,18)(H,17,19,20). The molecule has 0 aliphatic heterocycles. The molecule has 0 aliphatic carbocycles. The number of nitrogens with zero attached hydrogens (tertiary/aromatic N) is 3. The molecule has 0 spiro atoms. The van der Waals surface area contributed by atoms with Gasteiger partial charge in [-0.15, -0.1) is 0 Å². The van der Waals surface area contributed by atoms with Gasteiger partial charge in [0.25, 0.3) is 0 Å². The zero-order valence-electron chi connectivity index (χ0n) is 11.8. The zero-order chi connectivity index (χ0) is 14.5. The Morgan fingerprint density at radius 3 is 2.81 bits per heavy atom. The third-order valence-corrected chi connectivity index (χ3v) is 3.86. The monoisotopic (exact) mass is 299 g/mol. The summed E-state index contributed by atoms with van der Waals surface area (Å²) in [6.07, 6.45) is 5.53. The first-order valence-electron chi connectivity index (χ1n) is 6.99. The highest BCUT2D eigenvalue weighted by Gasteiger charge is 2.03. The van der Waals surface area contributed by atoms with Gasteiger partial charge in [-0.3, -0.25) is 0 Å². The van der Waals surface area contributed by atoms with E-state index in [0.29, 0.717) is 0 Å². The first kappa shape index (κ1) is 13.8. The normalized spacial score (nSPS) is 10.7. The number of aromatic amines is 1. The van der Waals surface area contributed by atoms with Crippen LogP contribution in [0.1, 0.15) is 24.7 Å². The molecule has 0 fully saturated rings. The molecule has 0 radical (unpaired) electrons. The van der Waals surface area contributed by atoms with E-state index in [0.717, 1.165) is 41.6 Å². The van der Waals surface area contributed by atoms with Crippen LogP contribution >= 0.6 is 11.5 Å². The Morgan fingerprint density at radius 2 is 2.10 bits per heavy atom. The van der Waals surface area contributed by atoms with Crippen LogP contribution in [0.5, 0.6) is 0 Å². The highest BCUT2D eigenvalue weighted by Crippen LogP contribution is 2.18. The molecule has 0 saturated carbocycles. The van der Waals surface area contributed by atoms with Gasteiger partial charge in [0.2, 0.25) is 5.13 Å². The average Bonchev–Trinajstić information content (AvgIpc) is 3.18. The Kier molecular flexibility index (Phi) is 4.25.